The Morgan fingerprint density at radius 3 is 2.35 bits per heavy atom. The van der Waals surface area contributed by atoms with E-state index in [9.17, 15) is 19.7 Å². The van der Waals surface area contributed by atoms with Crippen molar-refractivity contribution in [1.82, 2.24) is 10.2 Å². The average Bonchev–Trinajstić information content (AvgIpc) is 2.68. The van der Waals surface area contributed by atoms with Gasteiger partial charge in [-0.25, -0.2) is 0 Å². The molecule has 1 heterocycles. The number of likely N-dealkylation sites (tertiary alicyclic amines) is 1. The molecule has 3 rings (SSSR count). The number of amides is 2. The van der Waals surface area contributed by atoms with Gasteiger partial charge in [0.25, 0.3) is 11.6 Å². The van der Waals surface area contributed by atoms with Crippen molar-refractivity contribution in [3.05, 3.63) is 39.9 Å². The molecule has 2 aliphatic rings. The molecule has 7 heteroatoms. The highest BCUT2D eigenvalue weighted by atomic mass is 16.6. The van der Waals surface area contributed by atoms with Gasteiger partial charge in [0.05, 0.1) is 4.92 Å². The number of nitro benzene ring substituents is 1. The zero-order valence-corrected chi connectivity index (χ0v) is 14.9. The van der Waals surface area contributed by atoms with Crippen LogP contribution >= 0.6 is 0 Å². The molecular weight excluding hydrogens is 334 g/mol. The second-order valence-corrected chi connectivity index (χ2v) is 7.18. The number of nitro groups is 1. The molecule has 0 spiro atoms. The zero-order chi connectivity index (χ0) is 18.5. The summed E-state index contributed by atoms with van der Waals surface area (Å²) in [5.41, 5.74) is -0.104. The van der Waals surface area contributed by atoms with Crippen LogP contribution in [-0.4, -0.2) is 40.8 Å². The molecule has 0 bridgehead atoms. The molecule has 1 aromatic carbocycles. The van der Waals surface area contributed by atoms with Crippen LogP contribution in [0.1, 0.15) is 55.3 Å². The highest BCUT2D eigenvalue weighted by Crippen LogP contribution is 2.27. The topological polar surface area (TPSA) is 92.6 Å². The molecular formula is C19H25N3O4. The van der Waals surface area contributed by atoms with Crippen LogP contribution in [0.15, 0.2) is 24.3 Å². The van der Waals surface area contributed by atoms with Gasteiger partial charge in [-0.1, -0.05) is 31.4 Å². The number of benzene rings is 1. The maximum atomic E-state index is 12.6. The van der Waals surface area contributed by atoms with Gasteiger partial charge in [0, 0.05) is 31.1 Å². The van der Waals surface area contributed by atoms with Crippen molar-refractivity contribution >= 4 is 17.5 Å². The van der Waals surface area contributed by atoms with Gasteiger partial charge >= 0.3 is 0 Å². The van der Waals surface area contributed by atoms with Crippen LogP contribution in [0.3, 0.4) is 0 Å². The van der Waals surface area contributed by atoms with E-state index in [1.54, 1.807) is 12.1 Å². The van der Waals surface area contributed by atoms with Crippen LogP contribution in [0.25, 0.3) is 0 Å². The third kappa shape index (κ3) is 4.20. The first kappa shape index (κ1) is 18.4. The highest BCUT2D eigenvalue weighted by Gasteiger charge is 2.30. The number of hydrogen-bond acceptors (Lipinski definition) is 4. The molecule has 1 saturated heterocycles. The van der Waals surface area contributed by atoms with E-state index < -0.39 is 10.8 Å². The fourth-order valence-electron chi connectivity index (χ4n) is 3.94. The molecule has 0 radical (unpaired) electrons. The Morgan fingerprint density at radius 1 is 1.04 bits per heavy atom. The lowest BCUT2D eigenvalue weighted by atomic mass is 9.87. The monoisotopic (exact) mass is 359 g/mol. The molecule has 26 heavy (non-hydrogen) atoms. The van der Waals surface area contributed by atoms with Crippen LogP contribution in [0, 0.1) is 16.0 Å². The third-order valence-corrected chi connectivity index (χ3v) is 5.44. The van der Waals surface area contributed by atoms with Gasteiger partial charge in [0.15, 0.2) is 0 Å². The van der Waals surface area contributed by atoms with Gasteiger partial charge in [-0.15, -0.1) is 0 Å². The van der Waals surface area contributed by atoms with Gasteiger partial charge in [-0.3, -0.25) is 19.7 Å². The van der Waals surface area contributed by atoms with Crippen LogP contribution in [0.4, 0.5) is 5.69 Å². The molecule has 0 unspecified atom stereocenters. The molecule has 0 atom stereocenters. The van der Waals surface area contributed by atoms with Gasteiger partial charge in [-0.2, -0.15) is 0 Å². The Labute approximate surface area is 152 Å². The third-order valence-electron chi connectivity index (χ3n) is 5.44. The van der Waals surface area contributed by atoms with Crippen molar-refractivity contribution in [2.45, 2.75) is 51.0 Å². The van der Waals surface area contributed by atoms with Crippen LogP contribution < -0.4 is 5.32 Å². The van der Waals surface area contributed by atoms with Crippen molar-refractivity contribution in [2.75, 3.05) is 13.1 Å². The maximum absolute atomic E-state index is 12.6. The summed E-state index contributed by atoms with van der Waals surface area (Å²) in [6.07, 6.45) is 6.86. The lowest BCUT2D eigenvalue weighted by Gasteiger charge is -2.35. The first-order valence-corrected chi connectivity index (χ1v) is 9.39. The molecule has 2 fully saturated rings. The fraction of sp³-hybridized carbons (Fsp3) is 0.579. The molecule has 1 aromatic rings. The Hall–Kier alpha value is -2.44. The molecule has 7 nitrogen and oxygen atoms in total. The summed E-state index contributed by atoms with van der Waals surface area (Å²) in [6, 6.07) is 5.91. The van der Waals surface area contributed by atoms with Gasteiger partial charge in [-0.05, 0) is 31.7 Å². The number of piperidine rings is 1. The van der Waals surface area contributed by atoms with E-state index in [0.29, 0.717) is 25.9 Å². The molecule has 140 valence electrons. The molecule has 0 aromatic heterocycles. The van der Waals surface area contributed by atoms with Gasteiger partial charge < -0.3 is 10.2 Å². The van der Waals surface area contributed by atoms with Crippen molar-refractivity contribution in [2.24, 2.45) is 5.92 Å². The van der Waals surface area contributed by atoms with Crippen LogP contribution in [0.5, 0.6) is 0 Å². The number of carbonyl (C=O) groups is 2. The summed E-state index contributed by atoms with van der Waals surface area (Å²) >= 11 is 0. The zero-order valence-electron chi connectivity index (χ0n) is 14.9. The van der Waals surface area contributed by atoms with E-state index in [2.05, 4.69) is 5.32 Å². The number of nitrogens with one attached hydrogen (secondary N) is 1. The van der Waals surface area contributed by atoms with Crippen molar-refractivity contribution in [3.8, 4) is 0 Å². The summed E-state index contributed by atoms with van der Waals surface area (Å²) in [7, 11) is 0. The Kier molecular flexibility index (Phi) is 5.85. The van der Waals surface area contributed by atoms with E-state index in [0.717, 1.165) is 25.7 Å². The first-order chi connectivity index (χ1) is 12.6. The van der Waals surface area contributed by atoms with E-state index in [-0.39, 0.29) is 29.1 Å². The predicted octanol–water partition coefficient (Wildman–Crippen LogP) is 2.90. The van der Waals surface area contributed by atoms with Crippen LogP contribution in [-0.2, 0) is 4.79 Å². The Balaban J connectivity index is 1.53. The maximum Gasteiger partial charge on any atom is 0.282 e. The van der Waals surface area contributed by atoms with Gasteiger partial charge in [0.1, 0.15) is 5.56 Å². The fourth-order valence-corrected chi connectivity index (χ4v) is 3.94. The summed E-state index contributed by atoms with van der Waals surface area (Å²) in [5.74, 6) is 0.00407. The molecule has 1 aliphatic carbocycles. The number of rotatable bonds is 4. The average molecular weight is 359 g/mol. The van der Waals surface area contributed by atoms with E-state index in [1.165, 1.54) is 18.6 Å². The molecule has 1 saturated carbocycles. The quantitative estimate of drug-likeness (QED) is 0.661. The van der Waals surface area contributed by atoms with Gasteiger partial charge in [0.2, 0.25) is 5.91 Å². The van der Waals surface area contributed by atoms with Crippen LogP contribution in [0.2, 0.25) is 0 Å². The standard InChI is InChI=1S/C19H25N3O4/c23-18(16-8-4-5-9-17(16)22(25)26)20-15-10-12-21(13-11-15)19(24)14-6-2-1-3-7-14/h4-5,8-9,14-15H,1-3,6-7,10-13H2,(H,20,23). The number of carbonyl (C=O) groups excluding carboxylic acids is 2. The summed E-state index contributed by atoms with van der Waals surface area (Å²) in [6.45, 7) is 1.27. The van der Waals surface area contributed by atoms with E-state index in [1.807, 2.05) is 4.90 Å². The largest absolute Gasteiger partial charge is 0.349 e. The Bertz CT molecular complexity index is 677. The predicted molar refractivity (Wildman–Crippen MR) is 96.7 cm³/mol. The first-order valence-electron chi connectivity index (χ1n) is 9.39. The number of nitrogens with zero attached hydrogens (tertiary/aromatic N) is 2. The molecule has 1 N–H and O–H groups in total. The Morgan fingerprint density at radius 2 is 1.69 bits per heavy atom. The second kappa shape index (κ2) is 8.29. The van der Waals surface area contributed by atoms with E-state index in [4.69, 9.17) is 0 Å². The summed E-state index contributed by atoms with van der Waals surface area (Å²) in [4.78, 5) is 37.4. The lowest BCUT2D eigenvalue weighted by Crippen LogP contribution is -2.48. The second-order valence-electron chi connectivity index (χ2n) is 7.18. The number of para-hydroxylation sites is 1. The molecule has 1 aliphatic heterocycles. The van der Waals surface area contributed by atoms with Crippen molar-refractivity contribution in [3.63, 3.8) is 0 Å². The number of hydrogen-bond donors (Lipinski definition) is 1. The minimum absolute atomic E-state index is 0.0577. The van der Waals surface area contributed by atoms with Crippen molar-refractivity contribution in [1.29, 1.82) is 0 Å². The highest BCUT2D eigenvalue weighted by molar-refractivity contribution is 5.98. The SMILES string of the molecule is O=C(NC1CCN(C(=O)C2CCCCC2)CC1)c1ccccc1[N+](=O)[O-]. The smallest absolute Gasteiger partial charge is 0.282 e. The summed E-state index contributed by atoms with van der Waals surface area (Å²) in [5, 5.41) is 14.0. The van der Waals surface area contributed by atoms with Crippen molar-refractivity contribution < 1.29 is 14.5 Å². The lowest BCUT2D eigenvalue weighted by molar-refractivity contribution is -0.385. The normalized spacial score (nSPS) is 19.2. The minimum atomic E-state index is -0.541. The van der Waals surface area contributed by atoms with E-state index >= 15 is 0 Å². The summed E-state index contributed by atoms with van der Waals surface area (Å²) < 4.78 is 0. The minimum Gasteiger partial charge on any atom is -0.349 e. The molecule has 2 amide bonds.